The molecule has 0 bridgehead atoms. The van der Waals surface area contributed by atoms with Gasteiger partial charge in [-0.15, -0.1) is 0 Å². The number of rotatable bonds is 4. The minimum atomic E-state index is -0.610. The van der Waals surface area contributed by atoms with Gasteiger partial charge in [-0.3, -0.25) is 4.79 Å². The molecule has 6 nitrogen and oxygen atoms in total. The number of anilines is 2. The first-order valence-electron chi connectivity index (χ1n) is 6.41. The molecule has 0 aliphatic rings. The molecule has 2 aromatic rings. The Kier molecular flexibility index (Phi) is 4.73. The van der Waals surface area contributed by atoms with Crippen LogP contribution in [0.2, 0.25) is 0 Å². The van der Waals surface area contributed by atoms with Gasteiger partial charge in [0.05, 0.1) is 17.2 Å². The highest BCUT2D eigenvalue weighted by molar-refractivity contribution is 5.95. The molecule has 0 radical (unpaired) electrons. The van der Waals surface area contributed by atoms with Crippen molar-refractivity contribution in [2.24, 2.45) is 0 Å². The molecule has 0 spiro atoms. The summed E-state index contributed by atoms with van der Waals surface area (Å²) in [7, 11) is 0. The minimum Gasteiger partial charge on any atom is -0.452 e. The molecule has 0 aromatic heterocycles. The van der Waals surface area contributed by atoms with Gasteiger partial charge in [-0.2, -0.15) is 5.26 Å². The van der Waals surface area contributed by atoms with Crippen molar-refractivity contribution >= 4 is 23.3 Å². The van der Waals surface area contributed by atoms with Crippen LogP contribution in [0.1, 0.15) is 15.9 Å². The highest BCUT2D eigenvalue weighted by atomic mass is 16.5. The Morgan fingerprint density at radius 2 is 1.91 bits per heavy atom. The molecule has 2 aromatic carbocycles. The summed E-state index contributed by atoms with van der Waals surface area (Å²) in [4.78, 5) is 23.4. The van der Waals surface area contributed by atoms with Crippen LogP contribution in [-0.2, 0) is 9.53 Å². The van der Waals surface area contributed by atoms with Gasteiger partial charge >= 0.3 is 5.97 Å². The van der Waals surface area contributed by atoms with Gasteiger partial charge in [0.1, 0.15) is 0 Å². The van der Waals surface area contributed by atoms with E-state index in [1.807, 2.05) is 6.07 Å². The minimum absolute atomic E-state index is 0.313. The van der Waals surface area contributed by atoms with E-state index in [2.05, 4.69) is 5.32 Å². The second-order valence-corrected chi connectivity index (χ2v) is 4.44. The summed E-state index contributed by atoms with van der Waals surface area (Å²) in [6, 6.07) is 14.6. The molecule has 110 valence electrons. The van der Waals surface area contributed by atoms with Gasteiger partial charge in [0, 0.05) is 11.4 Å². The largest absolute Gasteiger partial charge is 0.452 e. The van der Waals surface area contributed by atoms with Gasteiger partial charge in [-0.05, 0) is 42.5 Å². The summed E-state index contributed by atoms with van der Waals surface area (Å²) < 4.78 is 4.90. The van der Waals surface area contributed by atoms with Gasteiger partial charge < -0.3 is 15.8 Å². The van der Waals surface area contributed by atoms with E-state index in [-0.39, 0.29) is 0 Å². The quantitative estimate of drug-likeness (QED) is 0.662. The number of carbonyl (C=O) groups excluding carboxylic acids is 2. The van der Waals surface area contributed by atoms with Gasteiger partial charge in [0.15, 0.2) is 6.61 Å². The van der Waals surface area contributed by atoms with Gasteiger partial charge in [-0.25, -0.2) is 4.79 Å². The number of carbonyl (C=O) groups is 2. The molecule has 22 heavy (non-hydrogen) atoms. The molecular weight excluding hydrogens is 282 g/mol. The Hall–Kier alpha value is -3.33. The Balaban J connectivity index is 1.88. The summed E-state index contributed by atoms with van der Waals surface area (Å²) >= 11 is 0. The zero-order chi connectivity index (χ0) is 15.9. The lowest BCUT2D eigenvalue weighted by molar-refractivity contribution is -0.119. The molecule has 0 saturated heterocycles. The second kappa shape index (κ2) is 6.90. The number of nitrogens with two attached hydrogens (primary N) is 1. The topological polar surface area (TPSA) is 105 Å². The molecule has 6 heteroatoms. The van der Waals surface area contributed by atoms with Crippen LogP contribution in [0.4, 0.5) is 11.4 Å². The third-order valence-corrected chi connectivity index (χ3v) is 2.76. The van der Waals surface area contributed by atoms with Crippen LogP contribution in [0.25, 0.3) is 0 Å². The number of nitrogens with zero attached hydrogens (tertiary/aromatic N) is 1. The molecule has 0 aliphatic carbocycles. The number of esters is 1. The number of hydrogen-bond donors (Lipinski definition) is 2. The molecule has 0 atom stereocenters. The van der Waals surface area contributed by atoms with E-state index in [9.17, 15) is 9.59 Å². The Bertz CT molecular complexity index is 733. The maximum atomic E-state index is 11.7. The predicted octanol–water partition coefficient (Wildman–Crippen LogP) is 1.94. The SMILES string of the molecule is N#Cc1cccc(NC(=O)COC(=O)c2ccc(N)cc2)c1. The lowest BCUT2D eigenvalue weighted by Gasteiger charge is -2.07. The summed E-state index contributed by atoms with van der Waals surface area (Å²) in [5.41, 5.74) is 7.26. The lowest BCUT2D eigenvalue weighted by Crippen LogP contribution is -2.20. The van der Waals surface area contributed by atoms with E-state index in [1.165, 1.54) is 18.2 Å². The van der Waals surface area contributed by atoms with Gasteiger partial charge in [0.25, 0.3) is 5.91 Å². The standard InChI is InChI=1S/C16H13N3O3/c17-9-11-2-1-3-14(8-11)19-15(20)10-22-16(21)12-4-6-13(18)7-5-12/h1-8H,10,18H2,(H,19,20). The molecule has 0 aliphatic heterocycles. The van der Waals surface area contributed by atoms with Crippen LogP contribution in [0.3, 0.4) is 0 Å². The van der Waals surface area contributed by atoms with E-state index in [0.717, 1.165) is 0 Å². The average molecular weight is 295 g/mol. The number of nitriles is 1. The summed E-state index contributed by atoms with van der Waals surface area (Å²) in [6.45, 7) is -0.417. The maximum Gasteiger partial charge on any atom is 0.338 e. The van der Waals surface area contributed by atoms with Crippen LogP contribution in [0.15, 0.2) is 48.5 Å². The Labute approximate surface area is 127 Å². The fraction of sp³-hybridized carbons (Fsp3) is 0.0625. The van der Waals surface area contributed by atoms with Crippen molar-refractivity contribution in [3.05, 3.63) is 59.7 Å². The second-order valence-electron chi connectivity index (χ2n) is 4.44. The zero-order valence-corrected chi connectivity index (χ0v) is 11.6. The summed E-state index contributed by atoms with van der Waals surface area (Å²) in [6.07, 6.45) is 0. The van der Waals surface area contributed by atoms with Crippen molar-refractivity contribution in [2.75, 3.05) is 17.7 Å². The van der Waals surface area contributed by atoms with Crippen molar-refractivity contribution in [3.63, 3.8) is 0 Å². The number of nitrogens with one attached hydrogen (secondary N) is 1. The Morgan fingerprint density at radius 1 is 1.18 bits per heavy atom. The summed E-state index contributed by atoms with van der Waals surface area (Å²) in [5, 5.41) is 11.3. The van der Waals surface area contributed by atoms with E-state index < -0.39 is 18.5 Å². The first kappa shape index (κ1) is 15.1. The van der Waals surface area contributed by atoms with Gasteiger partial charge in [0.2, 0.25) is 0 Å². The number of nitrogen functional groups attached to an aromatic ring is 1. The van der Waals surface area contributed by atoms with Crippen molar-refractivity contribution in [1.29, 1.82) is 5.26 Å². The van der Waals surface area contributed by atoms with E-state index in [0.29, 0.717) is 22.5 Å². The van der Waals surface area contributed by atoms with Gasteiger partial charge in [-0.1, -0.05) is 6.07 Å². The Morgan fingerprint density at radius 3 is 2.59 bits per heavy atom. The molecular formula is C16H13N3O3. The van der Waals surface area contributed by atoms with Crippen molar-refractivity contribution < 1.29 is 14.3 Å². The van der Waals surface area contributed by atoms with Crippen LogP contribution >= 0.6 is 0 Å². The highest BCUT2D eigenvalue weighted by Gasteiger charge is 2.10. The maximum absolute atomic E-state index is 11.7. The van der Waals surface area contributed by atoms with Crippen molar-refractivity contribution in [3.8, 4) is 6.07 Å². The molecule has 0 saturated carbocycles. The van der Waals surface area contributed by atoms with Crippen LogP contribution in [-0.4, -0.2) is 18.5 Å². The normalized spacial score (nSPS) is 9.59. The molecule has 0 heterocycles. The smallest absolute Gasteiger partial charge is 0.338 e. The fourth-order valence-corrected chi connectivity index (χ4v) is 1.70. The monoisotopic (exact) mass is 295 g/mol. The number of ether oxygens (including phenoxy) is 1. The van der Waals surface area contributed by atoms with Crippen molar-refractivity contribution in [2.45, 2.75) is 0 Å². The molecule has 0 unspecified atom stereocenters. The van der Waals surface area contributed by atoms with E-state index in [1.54, 1.807) is 30.3 Å². The molecule has 3 N–H and O–H groups in total. The first-order chi connectivity index (χ1) is 10.6. The first-order valence-corrected chi connectivity index (χ1v) is 6.41. The predicted molar refractivity (Wildman–Crippen MR) is 80.9 cm³/mol. The van der Waals surface area contributed by atoms with Crippen LogP contribution < -0.4 is 11.1 Å². The third kappa shape index (κ3) is 4.08. The number of hydrogen-bond acceptors (Lipinski definition) is 5. The molecule has 1 amide bonds. The van der Waals surface area contributed by atoms with Crippen LogP contribution in [0, 0.1) is 11.3 Å². The zero-order valence-electron chi connectivity index (χ0n) is 11.6. The van der Waals surface area contributed by atoms with Crippen LogP contribution in [0.5, 0.6) is 0 Å². The molecule has 2 rings (SSSR count). The number of amides is 1. The van der Waals surface area contributed by atoms with E-state index >= 15 is 0 Å². The van der Waals surface area contributed by atoms with E-state index in [4.69, 9.17) is 15.7 Å². The average Bonchev–Trinajstić information content (AvgIpc) is 2.53. The number of benzene rings is 2. The third-order valence-electron chi connectivity index (χ3n) is 2.76. The highest BCUT2D eigenvalue weighted by Crippen LogP contribution is 2.10. The molecule has 0 fully saturated rings. The summed E-state index contributed by atoms with van der Waals surface area (Å²) in [5.74, 6) is -1.10. The lowest BCUT2D eigenvalue weighted by atomic mass is 10.2. The fourth-order valence-electron chi connectivity index (χ4n) is 1.70. The van der Waals surface area contributed by atoms with Crippen molar-refractivity contribution in [1.82, 2.24) is 0 Å².